The lowest BCUT2D eigenvalue weighted by molar-refractivity contribution is -0.359. The minimum Gasteiger partial charge on any atom is -0.394 e. The van der Waals surface area contributed by atoms with Gasteiger partial charge in [-0.05, 0) is 57.8 Å². The zero-order valence-corrected chi connectivity index (χ0v) is 58.8. The van der Waals surface area contributed by atoms with Gasteiger partial charge in [-0.1, -0.05) is 331 Å². The molecule has 14 nitrogen and oxygen atoms in total. The quantitative estimate of drug-likeness (QED) is 0.0204. The van der Waals surface area contributed by atoms with Crippen molar-refractivity contribution in [2.45, 2.75) is 408 Å². The summed E-state index contributed by atoms with van der Waals surface area (Å²) in [6, 6.07) is -0.830. The van der Waals surface area contributed by atoms with E-state index in [-0.39, 0.29) is 12.5 Å². The predicted molar refractivity (Wildman–Crippen MR) is 378 cm³/mol. The lowest BCUT2D eigenvalue weighted by Gasteiger charge is -2.46. The van der Waals surface area contributed by atoms with E-state index in [1.807, 2.05) is 0 Å². The average Bonchev–Trinajstić information content (AvgIpc) is 0.830. The zero-order chi connectivity index (χ0) is 66.6. The molecule has 2 fully saturated rings. The van der Waals surface area contributed by atoms with Crippen molar-refractivity contribution in [1.29, 1.82) is 0 Å². The van der Waals surface area contributed by atoms with Gasteiger partial charge in [-0.2, -0.15) is 0 Å². The molecule has 0 aromatic rings. The molecule has 92 heavy (non-hydrogen) atoms. The Balaban J connectivity index is 1.60. The Morgan fingerprint density at radius 3 is 1.15 bits per heavy atom. The average molecular weight is 1300 g/mol. The van der Waals surface area contributed by atoms with Crippen LogP contribution in [0.5, 0.6) is 0 Å². The molecule has 0 spiro atoms. The van der Waals surface area contributed by atoms with Gasteiger partial charge >= 0.3 is 0 Å². The van der Waals surface area contributed by atoms with Crippen LogP contribution in [0.3, 0.4) is 0 Å². The van der Waals surface area contributed by atoms with Crippen molar-refractivity contribution in [2.75, 3.05) is 19.8 Å². The molecule has 0 radical (unpaired) electrons. The van der Waals surface area contributed by atoms with Crippen LogP contribution in [0.2, 0.25) is 0 Å². The van der Waals surface area contributed by atoms with Crippen molar-refractivity contribution < 1.29 is 64.6 Å². The summed E-state index contributed by atoms with van der Waals surface area (Å²) >= 11 is 0. The van der Waals surface area contributed by atoms with Crippen LogP contribution in [0, 0.1) is 0 Å². The third-order valence-corrected chi connectivity index (χ3v) is 18.7. The number of hydrogen-bond donors (Lipinski definition) is 9. The predicted octanol–water partition coefficient (Wildman–Crippen LogP) is 16.8. The van der Waals surface area contributed by atoms with Crippen LogP contribution < -0.4 is 5.32 Å². The van der Waals surface area contributed by atoms with Gasteiger partial charge in [0.15, 0.2) is 12.6 Å². The van der Waals surface area contributed by atoms with Crippen LogP contribution in [0.15, 0.2) is 60.8 Å². The molecule has 0 aliphatic carbocycles. The molecule has 0 saturated carbocycles. The number of rotatable bonds is 64. The largest absolute Gasteiger partial charge is 0.394 e. The van der Waals surface area contributed by atoms with Gasteiger partial charge in [0.1, 0.15) is 48.8 Å². The fourth-order valence-corrected chi connectivity index (χ4v) is 12.7. The van der Waals surface area contributed by atoms with Crippen LogP contribution in [0.1, 0.15) is 335 Å². The second-order valence-corrected chi connectivity index (χ2v) is 27.1. The van der Waals surface area contributed by atoms with Crippen LogP contribution in [-0.4, -0.2) is 140 Å². The molecule has 0 aromatic heterocycles. The fraction of sp³-hybridized carbons (Fsp3) is 0.859. The molecular weight excluding hydrogens is 1160 g/mol. The molecule has 0 bridgehead atoms. The van der Waals surface area contributed by atoms with E-state index in [0.29, 0.717) is 12.8 Å². The Morgan fingerprint density at radius 2 is 0.750 bits per heavy atom. The Bertz CT molecular complexity index is 1780. The van der Waals surface area contributed by atoms with Crippen LogP contribution in [-0.2, 0) is 23.7 Å². The number of amides is 1. The second kappa shape index (κ2) is 62.2. The van der Waals surface area contributed by atoms with Gasteiger partial charge in [0, 0.05) is 6.42 Å². The number of carbonyl (C=O) groups excluding carboxylic acids is 1. The summed E-state index contributed by atoms with van der Waals surface area (Å²) in [4.78, 5) is 13.4. The highest BCUT2D eigenvalue weighted by molar-refractivity contribution is 5.76. The maximum Gasteiger partial charge on any atom is 0.220 e. The summed E-state index contributed by atoms with van der Waals surface area (Å²) in [5.41, 5.74) is 0. The molecule has 14 heteroatoms. The standard InChI is InChI=1S/C78H143NO13/c1-3-5-7-9-11-13-15-17-19-21-23-25-27-28-29-30-31-32-33-34-35-36-37-38-40-42-44-46-48-50-52-54-56-58-60-62-70(83)79-66(65-89-77-75(88)73(86)76(69(64-81)91-77)92-78-74(87)72(85)71(84)68(63-80)90-78)67(82)61-59-57-55-53-51-49-47-45-43-41-39-26-24-22-20-18-16-14-12-10-8-6-4-2/h5,7,11,13,17,19,23,25,28-29,66-69,71-78,80-82,84-88H,3-4,6,8-10,12,14-16,18,20-22,24,26-27,30-65H2,1-2H3,(H,79,83)/b7-5-,13-11-,19-17-,25-23-,29-28-. The zero-order valence-electron chi connectivity index (χ0n) is 58.8. The molecule has 2 saturated heterocycles. The SMILES string of the molecule is CC/C=C\C/C=C\C/C=C\C/C=C\C/C=C\CCCCCCCCCCCCCCCCCCCCCC(=O)NC(COC1OC(CO)C(OC2OC(CO)C(O)C(O)C2O)C(O)C1O)C(O)CCCCCCCCCCCCCCCCCCCCCCCCC. The van der Waals surface area contributed by atoms with E-state index in [0.717, 1.165) is 83.5 Å². The van der Waals surface area contributed by atoms with Crippen molar-refractivity contribution in [3.05, 3.63) is 60.8 Å². The fourth-order valence-electron chi connectivity index (χ4n) is 12.7. The van der Waals surface area contributed by atoms with Crippen molar-refractivity contribution in [3.63, 3.8) is 0 Å². The highest BCUT2D eigenvalue weighted by atomic mass is 16.7. The molecule has 0 aromatic carbocycles. The summed E-state index contributed by atoms with van der Waals surface area (Å²) in [6.07, 6.45) is 66.8. The van der Waals surface area contributed by atoms with Crippen LogP contribution >= 0.6 is 0 Å². The first-order valence-corrected chi connectivity index (χ1v) is 38.5. The van der Waals surface area contributed by atoms with E-state index in [1.165, 1.54) is 225 Å². The third-order valence-electron chi connectivity index (χ3n) is 18.7. The minimum atomic E-state index is -1.78. The van der Waals surface area contributed by atoms with Crippen molar-refractivity contribution in [3.8, 4) is 0 Å². The molecule has 538 valence electrons. The first kappa shape index (κ1) is 85.8. The Morgan fingerprint density at radius 1 is 0.402 bits per heavy atom. The molecule has 9 N–H and O–H groups in total. The summed E-state index contributed by atoms with van der Waals surface area (Å²) in [7, 11) is 0. The monoisotopic (exact) mass is 1300 g/mol. The lowest BCUT2D eigenvalue weighted by Crippen LogP contribution is -2.65. The molecule has 2 heterocycles. The number of unbranched alkanes of at least 4 members (excludes halogenated alkanes) is 41. The van der Waals surface area contributed by atoms with E-state index in [4.69, 9.17) is 18.9 Å². The van der Waals surface area contributed by atoms with Gasteiger partial charge in [-0.3, -0.25) is 4.79 Å². The molecule has 2 rings (SSSR count). The van der Waals surface area contributed by atoms with Crippen molar-refractivity contribution in [1.82, 2.24) is 5.32 Å². The number of aliphatic hydroxyl groups excluding tert-OH is 8. The van der Waals surface area contributed by atoms with Gasteiger partial charge < -0.3 is 65.1 Å². The summed E-state index contributed by atoms with van der Waals surface area (Å²) in [5.74, 6) is -0.201. The van der Waals surface area contributed by atoms with Crippen LogP contribution in [0.4, 0.5) is 0 Å². The van der Waals surface area contributed by atoms with E-state index in [1.54, 1.807) is 0 Å². The first-order valence-electron chi connectivity index (χ1n) is 38.5. The minimum absolute atomic E-state index is 0.201. The van der Waals surface area contributed by atoms with Gasteiger partial charge in [-0.15, -0.1) is 0 Å². The maximum atomic E-state index is 13.4. The lowest BCUT2D eigenvalue weighted by atomic mass is 9.97. The van der Waals surface area contributed by atoms with E-state index in [9.17, 15) is 45.6 Å². The molecule has 2 aliphatic heterocycles. The van der Waals surface area contributed by atoms with Gasteiger partial charge in [0.25, 0.3) is 0 Å². The number of aliphatic hydroxyl groups is 8. The molecule has 12 unspecified atom stereocenters. The smallest absolute Gasteiger partial charge is 0.220 e. The highest BCUT2D eigenvalue weighted by Gasteiger charge is 2.51. The molecule has 1 amide bonds. The van der Waals surface area contributed by atoms with Crippen molar-refractivity contribution >= 4 is 5.91 Å². The number of carbonyl (C=O) groups is 1. The second-order valence-electron chi connectivity index (χ2n) is 27.1. The summed E-state index contributed by atoms with van der Waals surface area (Å²) in [5, 5.41) is 87.8. The maximum absolute atomic E-state index is 13.4. The Labute approximate surface area is 562 Å². The number of nitrogens with one attached hydrogen (secondary N) is 1. The normalized spacial score (nSPS) is 23.0. The van der Waals surface area contributed by atoms with Crippen LogP contribution in [0.25, 0.3) is 0 Å². The Hall–Kier alpha value is -2.31. The summed E-state index contributed by atoms with van der Waals surface area (Å²) < 4.78 is 23.0. The van der Waals surface area contributed by atoms with Gasteiger partial charge in [-0.25, -0.2) is 0 Å². The van der Waals surface area contributed by atoms with E-state index < -0.39 is 86.8 Å². The third kappa shape index (κ3) is 45.2. The Kier molecular flexibility index (Phi) is 58.0. The first-order chi connectivity index (χ1) is 45.1. The number of allylic oxidation sites excluding steroid dienone is 10. The number of hydrogen-bond acceptors (Lipinski definition) is 13. The molecular formula is C78H143NO13. The molecule has 2 aliphatic rings. The van der Waals surface area contributed by atoms with Crippen molar-refractivity contribution in [2.24, 2.45) is 0 Å². The number of ether oxygens (including phenoxy) is 4. The van der Waals surface area contributed by atoms with Gasteiger partial charge in [0.2, 0.25) is 5.91 Å². The topological polar surface area (TPSA) is 228 Å². The van der Waals surface area contributed by atoms with E-state index in [2.05, 4.69) is 79.9 Å². The molecule has 12 atom stereocenters. The highest BCUT2D eigenvalue weighted by Crippen LogP contribution is 2.30. The van der Waals surface area contributed by atoms with Gasteiger partial charge in [0.05, 0.1) is 32.0 Å². The summed E-state index contributed by atoms with van der Waals surface area (Å²) in [6.45, 7) is 2.80. The van der Waals surface area contributed by atoms with E-state index >= 15 is 0 Å².